The molecule has 1 amide bonds. The third kappa shape index (κ3) is 6.66. The van der Waals surface area contributed by atoms with Crippen molar-refractivity contribution in [1.82, 2.24) is 5.32 Å². The Balaban J connectivity index is 1.92. The molecule has 0 heterocycles. The summed E-state index contributed by atoms with van der Waals surface area (Å²) >= 11 is 0. The van der Waals surface area contributed by atoms with Gasteiger partial charge in [0.05, 0.1) is 18.0 Å². The number of carbonyl (C=O) groups excluding carboxylic acids is 1. The van der Waals surface area contributed by atoms with Crippen LogP contribution in [-0.2, 0) is 14.8 Å². The predicted octanol–water partition coefficient (Wildman–Crippen LogP) is 3.13. The molecule has 30 heavy (non-hydrogen) atoms. The fourth-order valence-electron chi connectivity index (χ4n) is 2.72. The highest BCUT2D eigenvalue weighted by Gasteiger charge is 2.21. The first-order valence-corrected chi connectivity index (χ1v) is 11.7. The number of nitrogens with zero attached hydrogens (tertiary/aromatic N) is 1. The molecule has 0 saturated carbocycles. The zero-order valence-electron chi connectivity index (χ0n) is 18.1. The number of anilines is 1. The van der Waals surface area contributed by atoms with Gasteiger partial charge in [0, 0.05) is 7.05 Å². The highest BCUT2D eigenvalue weighted by molar-refractivity contribution is 7.92. The van der Waals surface area contributed by atoms with Gasteiger partial charge in [-0.05, 0) is 56.2 Å². The van der Waals surface area contributed by atoms with Gasteiger partial charge >= 0.3 is 0 Å². The fourth-order valence-corrected chi connectivity index (χ4v) is 3.23. The van der Waals surface area contributed by atoms with E-state index in [9.17, 15) is 13.2 Å². The summed E-state index contributed by atoms with van der Waals surface area (Å²) in [5.41, 5.74) is 1.56. The van der Waals surface area contributed by atoms with Gasteiger partial charge in [0.25, 0.3) is 5.91 Å². The number of hydrogen-bond acceptors (Lipinski definition) is 5. The third-order valence-corrected chi connectivity index (χ3v) is 5.82. The molecule has 1 N–H and O–H groups in total. The largest absolute Gasteiger partial charge is 0.491 e. The van der Waals surface area contributed by atoms with E-state index >= 15 is 0 Å². The number of nitrogens with one attached hydrogen (secondary N) is 1. The predicted molar refractivity (Wildman–Crippen MR) is 119 cm³/mol. The van der Waals surface area contributed by atoms with Gasteiger partial charge in [-0.3, -0.25) is 9.10 Å². The quantitative estimate of drug-likeness (QED) is 0.621. The van der Waals surface area contributed by atoms with Crippen molar-refractivity contribution in [1.29, 1.82) is 0 Å². The van der Waals surface area contributed by atoms with Crippen molar-refractivity contribution >= 4 is 21.6 Å². The number of ether oxygens (including phenoxy) is 2. The lowest BCUT2D eigenvalue weighted by Gasteiger charge is -2.22. The first-order valence-electron chi connectivity index (χ1n) is 9.81. The van der Waals surface area contributed by atoms with E-state index < -0.39 is 16.1 Å². The Morgan fingerprint density at radius 3 is 2.33 bits per heavy atom. The topological polar surface area (TPSA) is 84.9 Å². The van der Waals surface area contributed by atoms with Crippen LogP contribution in [0.1, 0.15) is 25.8 Å². The van der Waals surface area contributed by atoms with Crippen molar-refractivity contribution < 1.29 is 22.7 Å². The second-order valence-corrected chi connectivity index (χ2v) is 9.24. The first-order chi connectivity index (χ1) is 14.1. The van der Waals surface area contributed by atoms with Crippen molar-refractivity contribution in [3.05, 3.63) is 54.1 Å². The van der Waals surface area contributed by atoms with Crippen LogP contribution in [0.5, 0.6) is 11.5 Å². The number of aryl methyl sites for hydroxylation is 1. The molecule has 0 bridgehead atoms. The maximum absolute atomic E-state index is 12.6. The summed E-state index contributed by atoms with van der Waals surface area (Å²) in [5.74, 6) is 1.06. The van der Waals surface area contributed by atoms with Gasteiger partial charge in [-0.1, -0.05) is 25.1 Å². The van der Waals surface area contributed by atoms with Crippen LogP contribution < -0.4 is 19.1 Å². The molecule has 164 valence electrons. The number of carbonyl (C=O) groups is 1. The number of hydrogen-bond donors (Lipinski definition) is 1. The molecule has 0 aliphatic carbocycles. The lowest BCUT2D eigenvalue weighted by atomic mass is 10.2. The molecule has 0 aromatic heterocycles. The summed E-state index contributed by atoms with van der Waals surface area (Å²) in [7, 11) is -1.86. The molecule has 0 unspecified atom stereocenters. The highest BCUT2D eigenvalue weighted by Crippen LogP contribution is 2.21. The van der Waals surface area contributed by atoms with Crippen LogP contribution >= 0.6 is 0 Å². The molecule has 2 atom stereocenters. The number of para-hydroxylation sites is 1. The van der Waals surface area contributed by atoms with Crippen LogP contribution in [-0.4, -0.2) is 46.4 Å². The monoisotopic (exact) mass is 434 g/mol. The van der Waals surface area contributed by atoms with Gasteiger partial charge in [-0.2, -0.15) is 0 Å². The van der Waals surface area contributed by atoms with E-state index in [1.54, 1.807) is 24.3 Å². The fraction of sp³-hybridized carbons (Fsp3) is 0.409. The van der Waals surface area contributed by atoms with Crippen LogP contribution in [0.15, 0.2) is 48.5 Å². The molecule has 7 nitrogen and oxygen atoms in total. The zero-order valence-corrected chi connectivity index (χ0v) is 18.9. The molecular formula is C22H30N2O5S. The Morgan fingerprint density at radius 2 is 1.77 bits per heavy atom. The maximum atomic E-state index is 12.6. The van der Waals surface area contributed by atoms with E-state index in [2.05, 4.69) is 5.32 Å². The molecule has 0 spiro atoms. The smallest absolute Gasteiger partial charge is 0.261 e. The van der Waals surface area contributed by atoms with Crippen molar-refractivity contribution in [2.45, 2.75) is 39.3 Å². The average molecular weight is 435 g/mol. The minimum Gasteiger partial charge on any atom is -0.491 e. The number of amides is 1. The van der Waals surface area contributed by atoms with Gasteiger partial charge in [-0.15, -0.1) is 0 Å². The van der Waals surface area contributed by atoms with Crippen LogP contribution in [0.3, 0.4) is 0 Å². The van der Waals surface area contributed by atoms with E-state index in [1.165, 1.54) is 11.4 Å². The summed E-state index contributed by atoms with van der Waals surface area (Å²) in [6, 6.07) is 14.1. The number of benzene rings is 2. The molecule has 0 fully saturated rings. The number of sulfonamides is 1. The molecule has 0 saturated heterocycles. The SMILES string of the molecule is CC[C@H](Oc1ccc(N(C)S(C)(=O)=O)cc1)C(=O)N[C@H](C)COc1ccccc1C. The standard InChI is InChI=1S/C22H30N2O5S/c1-6-20(29-19-13-11-18(12-14-19)24(4)30(5,26)27)22(25)23-17(3)15-28-21-10-8-7-9-16(21)2/h7-14,17,20H,6,15H2,1-5H3,(H,23,25)/t17-,20+/m1/s1. The maximum Gasteiger partial charge on any atom is 0.261 e. The Kier molecular flexibility index (Phi) is 8.11. The third-order valence-electron chi connectivity index (χ3n) is 4.61. The second-order valence-electron chi connectivity index (χ2n) is 7.23. The summed E-state index contributed by atoms with van der Waals surface area (Å²) in [5, 5.41) is 2.91. The minimum atomic E-state index is -3.34. The van der Waals surface area contributed by atoms with E-state index in [0.29, 0.717) is 24.5 Å². The van der Waals surface area contributed by atoms with Crippen molar-refractivity contribution in [2.75, 3.05) is 24.2 Å². The van der Waals surface area contributed by atoms with E-state index in [1.807, 2.05) is 45.0 Å². The van der Waals surface area contributed by atoms with E-state index in [4.69, 9.17) is 9.47 Å². The lowest BCUT2D eigenvalue weighted by molar-refractivity contribution is -0.128. The molecule has 2 rings (SSSR count). The summed E-state index contributed by atoms with van der Waals surface area (Å²) in [4.78, 5) is 12.6. The summed E-state index contributed by atoms with van der Waals surface area (Å²) in [6.45, 7) is 6.06. The molecule has 0 aliphatic heterocycles. The Hall–Kier alpha value is -2.74. The van der Waals surface area contributed by atoms with Gasteiger partial charge < -0.3 is 14.8 Å². The van der Waals surface area contributed by atoms with Gasteiger partial charge in [0.2, 0.25) is 10.0 Å². The Morgan fingerprint density at radius 1 is 1.13 bits per heavy atom. The van der Waals surface area contributed by atoms with Crippen LogP contribution in [0.2, 0.25) is 0 Å². The van der Waals surface area contributed by atoms with Crippen LogP contribution in [0.25, 0.3) is 0 Å². The van der Waals surface area contributed by atoms with Crippen LogP contribution in [0.4, 0.5) is 5.69 Å². The molecule has 0 aliphatic rings. The molecular weight excluding hydrogens is 404 g/mol. The highest BCUT2D eigenvalue weighted by atomic mass is 32.2. The minimum absolute atomic E-state index is 0.194. The van der Waals surface area contributed by atoms with Gasteiger partial charge in [-0.25, -0.2) is 8.42 Å². The van der Waals surface area contributed by atoms with Gasteiger partial charge in [0.1, 0.15) is 18.1 Å². The van der Waals surface area contributed by atoms with Crippen molar-refractivity contribution in [2.24, 2.45) is 0 Å². The Bertz CT molecular complexity index is 944. The molecule has 8 heteroatoms. The number of rotatable bonds is 10. The lowest BCUT2D eigenvalue weighted by Crippen LogP contribution is -2.44. The summed E-state index contributed by atoms with van der Waals surface area (Å²) < 4.78 is 36.0. The van der Waals surface area contributed by atoms with Crippen molar-refractivity contribution in [3.63, 3.8) is 0 Å². The van der Waals surface area contributed by atoms with Crippen molar-refractivity contribution in [3.8, 4) is 11.5 Å². The van der Waals surface area contributed by atoms with Gasteiger partial charge in [0.15, 0.2) is 6.10 Å². The normalized spacial score (nSPS) is 13.2. The second kappa shape index (κ2) is 10.3. The Labute approximate surface area is 179 Å². The van der Waals surface area contributed by atoms with E-state index in [0.717, 1.165) is 17.6 Å². The van der Waals surface area contributed by atoms with E-state index in [-0.39, 0.29) is 11.9 Å². The zero-order chi connectivity index (χ0) is 22.3. The first kappa shape index (κ1) is 23.5. The molecule has 2 aromatic rings. The molecule has 2 aromatic carbocycles. The summed E-state index contributed by atoms with van der Waals surface area (Å²) in [6.07, 6.45) is 0.963. The van der Waals surface area contributed by atoms with Crippen LogP contribution in [0, 0.1) is 6.92 Å². The molecule has 0 radical (unpaired) electrons. The average Bonchev–Trinajstić information content (AvgIpc) is 2.70.